The maximum absolute atomic E-state index is 12.0. The van der Waals surface area contributed by atoms with E-state index in [-0.39, 0.29) is 11.8 Å². The Labute approximate surface area is 169 Å². The van der Waals surface area contributed by atoms with E-state index >= 15 is 0 Å². The summed E-state index contributed by atoms with van der Waals surface area (Å²) in [7, 11) is 1.80. The zero-order valence-corrected chi connectivity index (χ0v) is 17.5. The molecule has 3 unspecified atom stereocenters. The molecule has 1 fully saturated rings. The average molecular weight is 386 g/mol. The second-order valence-electron chi connectivity index (χ2n) is 8.48. The van der Waals surface area contributed by atoms with Gasteiger partial charge in [0.2, 0.25) is 5.91 Å². The molecule has 1 aromatic rings. The fourth-order valence-corrected chi connectivity index (χ4v) is 4.61. The first-order chi connectivity index (χ1) is 13.5. The van der Waals surface area contributed by atoms with Gasteiger partial charge in [0.25, 0.3) is 0 Å². The van der Waals surface area contributed by atoms with Crippen LogP contribution >= 0.6 is 0 Å². The molecule has 0 aliphatic carbocycles. The third-order valence-corrected chi connectivity index (χ3v) is 5.73. The standard InChI is InChI=1S/C22H35N5O/c1-16-11-17(2)15-27(14-16)10-6-9-24-22(23-3)25-13-18-12-21(28)26-20-8-5-4-7-19(18)20/h4-5,7-8,16-18H,6,9-15H2,1-3H3,(H,26,28)(H2,23,24,25). The molecular formula is C22H35N5O. The van der Waals surface area contributed by atoms with E-state index in [9.17, 15) is 4.79 Å². The molecule has 3 rings (SSSR count). The Morgan fingerprint density at radius 3 is 2.71 bits per heavy atom. The summed E-state index contributed by atoms with van der Waals surface area (Å²) in [6, 6.07) is 8.05. The van der Waals surface area contributed by atoms with Crippen molar-refractivity contribution >= 4 is 17.6 Å². The van der Waals surface area contributed by atoms with Crippen LogP contribution in [0.1, 0.15) is 44.6 Å². The van der Waals surface area contributed by atoms with E-state index < -0.39 is 0 Å². The fourth-order valence-electron chi connectivity index (χ4n) is 4.61. The van der Waals surface area contributed by atoms with Crippen LogP contribution in [0.25, 0.3) is 0 Å². The lowest BCUT2D eigenvalue weighted by atomic mass is 9.90. The predicted molar refractivity (Wildman–Crippen MR) is 116 cm³/mol. The van der Waals surface area contributed by atoms with Gasteiger partial charge in [0.15, 0.2) is 5.96 Å². The molecule has 6 heteroatoms. The van der Waals surface area contributed by atoms with Crippen molar-refractivity contribution < 1.29 is 4.79 Å². The molecule has 0 radical (unpaired) electrons. The fraction of sp³-hybridized carbons (Fsp3) is 0.636. The molecule has 1 aromatic carbocycles. The maximum Gasteiger partial charge on any atom is 0.225 e. The van der Waals surface area contributed by atoms with E-state index in [1.165, 1.54) is 25.1 Å². The van der Waals surface area contributed by atoms with Crippen molar-refractivity contribution in [1.82, 2.24) is 15.5 Å². The zero-order chi connectivity index (χ0) is 19.9. The van der Waals surface area contributed by atoms with Crippen molar-refractivity contribution in [2.75, 3.05) is 45.1 Å². The molecule has 3 atom stereocenters. The molecule has 2 heterocycles. The van der Waals surface area contributed by atoms with Crippen LogP contribution in [0.15, 0.2) is 29.3 Å². The summed E-state index contributed by atoms with van der Waals surface area (Å²) in [6.07, 6.45) is 2.97. The molecule has 0 aromatic heterocycles. The zero-order valence-electron chi connectivity index (χ0n) is 17.5. The van der Waals surface area contributed by atoms with Crippen LogP contribution in [0, 0.1) is 11.8 Å². The number of anilines is 1. The second-order valence-corrected chi connectivity index (χ2v) is 8.48. The summed E-state index contributed by atoms with van der Waals surface area (Å²) >= 11 is 0. The monoisotopic (exact) mass is 385 g/mol. The second kappa shape index (κ2) is 9.92. The average Bonchev–Trinajstić information content (AvgIpc) is 2.66. The first-order valence-electron chi connectivity index (χ1n) is 10.6. The SMILES string of the molecule is CN=C(NCCCN1CC(C)CC(C)C1)NCC1CC(=O)Nc2ccccc21. The van der Waals surface area contributed by atoms with Gasteiger partial charge in [-0.3, -0.25) is 9.79 Å². The van der Waals surface area contributed by atoms with Crippen molar-refractivity contribution in [3.05, 3.63) is 29.8 Å². The van der Waals surface area contributed by atoms with Gasteiger partial charge in [-0.1, -0.05) is 32.0 Å². The number of piperidine rings is 1. The number of benzene rings is 1. The Bertz CT molecular complexity index is 679. The number of likely N-dealkylation sites (tertiary alicyclic amines) is 1. The highest BCUT2D eigenvalue weighted by molar-refractivity contribution is 5.94. The van der Waals surface area contributed by atoms with Gasteiger partial charge in [0.05, 0.1) is 0 Å². The van der Waals surface area contributed by atoms with Gasteiger partial charge < -0.3 is 20.9 Å². The number of nitrogens with zero attached hydrogens (tertiary/aromatic N) is 2. The Morgan fingerprint density at radius 2 is 1.96 bits per heavy atom. The third-order valence-electron chi connectivity index (χ3n) is 5.73. The first kappa shape index (κ1) is 20.6. The number of carbonyl (C=O) groups is 1. The summed E-state index contributed by atoms with van der Waals surface area (Å²) in [6.45, 7) is 9.90. The third kappa shape index (κ3) is 5.71. The van der Waals surface area contributed by atoms with Gasteiger partial charge >= 0.3 is 0 Å². The van der Waals surface area contributed by atoms with Crippen LogP contribution < -0.4 is 16.0 Å². The molecule has 2 aliphatic rings. The van der Waals surface area contributed by atoms with Gasteiger partial charge in [0, 0.05) is 51.3 Å². The minimum Gasteiger partial charge on any atom is -0.356 e. The number of hydrogen-bond acceptors (Lipinski definition) is 3. The molecular weight excluding hydrogens is 350 g/mol. The van der Waals surface area contributed by atoms with E-state index in [0.29, 0.717) is 13.0 Å². The number of aliphatic imine (C=N–C) groups is 1. The number of para-hydroxylation sites is 1. The van der Waals surface area contributed by atoms with Gasteiger partial charge in [-0.15, -0.1) is 0 Å². The molecule has 0 saturated carbocycles. The minimum atomic E-state index is 0.0819. The summed E-state index contributed by atoms with van der Waals surface area (Å²) < 4.78 is 0. The summed E-state index contributed by atoms with van der Waals surface area (Å²) in [5, 5.41) is 9.77. The Morgan fingerprint density at radius 1 is 1.21 bits per heavy atom. The Balaban J connectivity index is 1.41. The van der Waals surface area contributed by atoms with Gasteiger partial charge in [0.1, 0.15) is 0 Å². The largest absolute Gasteiger partial charge is 0.356 e. The van der Waals surface area contributed by atoms with E-state index in [2.05, 4.69) is 45.8 Å². The number of rotatable bonds is 6. The van der Waals surface area contributed by atoms with Crippen LogP contribution in [0.4, 0.5) is 5.69 Å². The van der Waals surface area contributed by atoms with Gasteiger partial charge in [-0.2, -0.15) is 0 Å². The Kier molecular flexibility index (Phi) is 7.31. The lowest BCUT2D eigenvalue weighted by molar-refractivity contribution is -0.116. The van der Waals surface area contributed by atoms with Crippen LogP contribution in [0.2, 0.25) is 0 Å². The normalized spacial score (nSPS) is 25.8. The van der Waals surface area contributed by atoms with Gasteiger partial charge in [-0.25, -0.2) is 0 Å². The molecule has 6 nitrogen and oxygen atoms in total. The van der Waals surface area contributed by atoms with Crippen molar-refractivity contribution in [2.24, 2.45) is 16.8 Å². The number of guanidine groups is 1. The van der Waals surface area contributed by atoms with Crippen molar-refractivity contribution in [3.8, 4) is 0 Å². The molecule has 0 bridgehead atoms. The Hall–Kier alpha value is -2.08. The predicted octanol–water partition coefficient (Wildman–Crippen LogP) is 2.65. The highest BCUT2D eigenvalue weighted by Gasteiger charge is 2.25. The summed E-state index contributed by atoms with van der Waals surface area (Å²) in [4.78, 5) is 18.9. The highest BCUT2D eigenvalue weighted by Crippen LogP contribution is 2.31. The molecule has 3 N–H and O–H groups in total. The lowest BCUT2D eigenvalue weighted by Crippen LogP contribution is -2.43. The van der Waals surface area contributed by atoms with Crippen LogP contribution in [-0.4, -0.2) is 56.5 Å². The van der Waals surface area contributed by atoms with Crippen molar-refractivity contribution in [1.29, 1.82) is 0 Å². The first-order valence-corrected chi connectivity index (χ1v) is 10.6. The minimum absolute atomic E-state index is 0.0819. The number of carbonyl (C=O) groups excluding carboxylic acids is 1. The molecule has 2 aliphatic heterocycles. The number of hydrogen-bond donors (Lipinski definition) is 3. The van der Waals surface area contributed by atoms with E-state index in [1.807, 2.05) is 18.2 Å². The lowest BCUT2D eigenvalue weighted by Gasteiger charge is -2.35. The van der Waals surface area contributed by atoms with E-state index in [0.717, 1.165) is 43.0 Å². The van der Waals surface area contributed by atoms with E-state index in [1.54, 1.807) is 7.05 Å². The van der Waals surface area contributed by atoms with Crippen LogP contribution in [-0.2, 0) is 4.79 Å². The quantitative estimate of drug-likeness (QED) is 0.400. The van der Waals surface area contributed by atoms with Crippen LogP contribution in [0.5, 0.6) is 0 Å². The topological polar surface area (TPSA) is 68.8 Å². The van der Waals surface area contributed by atoms with Crippen molar-refractivity contribution in [3.63, 3.8) is 0 Å². The summed E-state index contributed by atoms with van der Waals surface area (Å²) in [5.74, 6) is 2.67. The highest BCUT2D eigenvalue weighted by atomic mass is 16.1. The summed E-state index contributed by atoms with van der Waals surface area (Å²) in [5.41, 5.74) is 2.12. The van der Waals surface area contributed by atoms with Gasteiger partial charge in [-0.05, 0) is 42.9 Å². The van der Waals surface area contributed by atoms with Crippen LogP contribution in [0.3, 0.4) is 0 Å². The number of fused-ring (bicyclic) bond motifs is 1. The molecule has 154 valence electrons. The van der Waals surface area contributed by atoms with E-state index in [4.69, 9.17) is 0 Å². The number of amides is 1. The van der Waals surface area contributed by atoms with Crippen molar-refractivity contribution in [2.45, 2.75) is 39.0 Å². The molecule has 0 spiro atoms. The number of nitrogens with one attached hydrogen (secondary N) is 3. The molecule has 1 amide bonds. The maximum atomic E-state index is 12.0. The smallest absolute Gasteiger partial charge is 0.225 e. The molecule has 1 saturated heterocycles. The molecule has 28 heavy (non-hydrogen) atoms.